The van der Waals surface area contributed by atoms with Crippen molar-refractivity contribution in [2.75, 3.05) is 18.4 Å². The van der Waals surface area contributed by atoms with E-state index in [0.717, 1.165) is 5.92 Å². The molecular weight excluding hydrogens is 336 g/mol. The molecular formula is C19H28N2O3S. The van der Waals surface area contributed by atoms with Crippen molar-refractivity contribution in [3.8, 4) is 0 Å². The lowest BCUT2D eigenvalue weighted by Crippen LogP contribution is -2.30. The van der Waals surface area contributed by atoms with E-state index in [9.17, 15) is 13.2 Å². The molecule has 5 nitrogen and oxygen atoms in total. The summed E-state index contributed by atoms with van der Waals surface area (Å²) in [6.07, 6.45) is 5.60. The molecule has 0 aromatic heterocycles. The van der Waals surface area contributed by atoms with Crippen LogP contribution in [0.3, 0.4) is 0 Å². The van der Waals surface area contributed by atoms with E-state index in [4.69, 9.17) is 0 Å². The summed E-state index contributed by atoms with van der Waals surface area (Å²) in [5.74, 6) is 2.03. The average molecular weight is 365 g/mol. The monoisotopic (exact) mass is 364 g/mol. The second-order valence-electron chi connectivity index (χ2n) is 7.30. The quantitative estimate of drug-likeness (QED) is 0.805. The van der Waals surface area contributed by atoms with Gasteiger partial charge in [-0.15, -0.1) is 0 Å². The first-order valence-electron chi connectivity index (χ1n) is 9.34. The van der Waals surface area contributed by atoms with E-state index in [-0.39, 0.29) is 10.8 Å². The summed E-state index contributed by atoms with van der Waals surface area (Å²) in [4.78, 5) is 12.6. The number of amides is 1. The molecule has 0 saturated heterocycles. The molecule has 1 amide bonds. The number of hydrogen-bond donors (Lipinski definition) is 1. The molecule has 3 rings (SSSR count). The van der Waals surface area contributed by atoms with Crippen molar-refractivity contribution in [1.82, 2.24) is 4.31 Å². The highest BCUT2D eigenvalue weighted by molar-refractivity contribution is 7.89. The normalized spacial score (nSPS) is 25.5. The largest absolute Gasteiger partial charge is 0.326 e. The molecule has 2 fully saturated rings. The fourth-order valence-corrected chi connectivity index (χ4v) is 6.03. The SMILES string of the molecule is CCN(CC)S(=O)(=O)c1cccc(NC(=O)C[C@@H]2C[C@H]3CC[C@@H]2C3)c1. The minimum Gasteiger partial charge on any atom is -0.326 e. The van der Waals surface area contributed by atoms with E-state index in [1.54, 1.807) is 24.3 Å². The van der Waals surface area contributed by atoms with Gasteiger partial charge in [0.05, 0.1) is 4.90 Å². The van der Waals surface area contributed by atoms with Gasteiger partial charge in [0.15, 0.2) is 0 Å². The van der Waals surface area contributed by atoms with Crippen LogP contribution in [0.1, 0.15) is 46.0 Å². The van der Waals surface area contributed by atoms with Gasteiger partial charge in [0, 0.05) is 25.2 Å². The van der Waals surface area contributed by atoms with Gasteiger partial charge in [0.1, 0.15) is 0 Å². The Morgan fingerprint density at radius 1 is 1.20 bits per heavy atom. The highest BCUT2D eigenvalue weighted by Gasteiger charge is 2.40. The van der Waals surface area contributed by atoms with Gasteiger partial charge < -0.3 is 5.32 Å². The first-order valence-corrected chi connectivity index (χ1v) is 10.8. The lowest BCUT2D eigenvalue weighted by atomic mass is 9.86. The smallest absolute Gasteiger partial charge is 0.243 e. The summed E-state index contributed by atoms with van der Waals surface area (Å²) in [6, 6.07) is 6.58. The molecule has 1 aromatic carbocycles. The lowest BCUT2D eigenvalue weighted by molar-refractivity contribution is -0.117. The zero-order valence-corrected chi connectivity index (χ0v) is 15.9. The van der Waals surface area contributed by atoms with Gasteiger partial charge in [-0.2, -0.15) is 4.31 Å². The summed E-state index contributed by atoms with van der Waals surface area (Å²) in [7, 11) is -3.51. The molecule has 1 N–H and O–H groups in total. The van der Waals surface area contributed by atoms with Crippen LogP contribution in [0.5, 0.6) is 0 Å². The van der Waals surface area contributed by atoms with E-state index < -0.39 is 10.0 Å². The van der Waals surface area contributed by atoms with Crippen LogP contribution in [0.4, 0.5) is 5.69 Å². The Morgan fingerprint density at radius 2 is 1.96 bits per heavy atom. The predicted molar refractivity (Wildman–Crippen MR) is 98.7 cm³/mol. The number of carbonyl (C=O) groups excluding carboxylic acids is 1. The molecule has 25 heavy (non-hydrogen) atoms. The van der Waals surface area contributed by atoms with Crippen LogP contribution in [0, 0.1) is 17.8 Å². The topological polar surface area (TPSA) is 66.5 Å². The maximum atomic E-state index is 12.6. The first-order chi connectivity index (χ1) is 11.9. The summed E-state index contributed by atoms with van der Waals surface area (Å²) >= 11 is 0. The first kappa shape index (κ1) is 18.4. The van der Waals surface area contributed by atoms with Gasteiger partial charge >= 0.3 is 0 Å². The van der Waals surface area contributed by atoms with Crippen LogP contribution in [-0.2, 0) is 14.8 Å². The van der Waals surface area contributed by atoms with E-state index in [2.05, 4.69) is 5.32 Å². The third kappa shape index (κ3) is 3.90. The number of carbonyl (C=O) groups is 1. The molecule has 0 spiro atoms. The number of anilines is 1. The van der Waals surface area contributed by atoms with Crippen LogP contribution in [0.25, 0.3) is 0 Å². The maximum absolute atomic E-state index is 12.6. The molecule has 2 aliphatic carbocycles. The Bertz CT molecular complexity index is 728. The van der Waals surface area contributed by atoms with Crippen LogP contribution in [-0.4, -0.2) is 31.7 Å². The molecule has 2 bridgehead atoms. The minimum atomic E-state index is -3.51. The predicted octanol–water partition coefficient (Wildman–Crippen LogP) is 3.48. The highest BCUT2D eigenvalue weighted by atomic mass is 32.2. The second-order valence-corrected chi connectivity index (χ2v) is 9.24. The van der Waals surface area contributed by atoms with Gasteiger partial charge in [0.25, 0.3) is 0 Å². The van der Waals surface area contributed by atoms with Gasteiger partial charge in [-0.05, 0) is 55.2 Å². The summed E-state index contributed by atoms with van der Waals surface area (Å²) in [5, 5.41) is 2.89. The zero-order chi connectivity index (χ0) is 18.0. The van der Waals surface area contributed by atoms with Crippen molar-refractivity contribution in [3.63, 3.8) is 0 Å². The number of nitrogens with zero attached hydrogens (tertiary/aromatic N) is 1. The molecule has 0 unspecified atom stereocenters. The number of fused-ring (bicyclic) bond motifs is 2. The Balaban J connectivity index is 1.66. The molecule has 6 heteroatoms. The van der Waals surface area contributed by atoms with Crippen LogP contribution in [0.15, 0.2) is 29.2 Å². The van der Waals surface area contributed by atoms with Gasteiger partial charge in [0.2, 0.25) is 15.9 Å². The van der Waals surface area contributed by atoms with Crippen molar-refractivity contribution in [2.24, 2.45) is 17.8 Å². The zero-order valence-electron chi connectivity index (χ0n) is 15.1. The minimum absolute atomic E-state index is 0.00469. The highest BCUT2D eigenvalue weighted by Crippen LogP contribution is 2.49. The van der Waals surface area contributed by atoms with E-state index in [0.29, 0.717) is 37.0 Å². The average Bonchev–Trinajstić information content (AvgIpc) is 3.18. The lowest BCUT2D eigenvalue weighted by Gasteiger charge is -2.21. The Morgan fingerprint density at radius 3 is 2.56 bits per heavy atom. The van der Waals surface area contributed by atoms with Crippen molar-refractivity contribution in [1.29, 1.82) is 0 Å². The van der Waals surface area contributed by atoms with Crippen LogP contribution in [0.2, 0.25) is 0 Å². The van der Waals surface area contributed by atoms with E-state index >= 15 is 0 Å². The van der Waals surface area contributed by atoms with Crippen molar-refractivity contribution < 1.29 is 13.2 Å². The van der Waals surface area contributed by atoms with Gasteiger partial charge in [-0.1, -0.05) is 26.3 Å². The maximum Gasteiger partial charge on any atom is 0.243 e. The standard InChI is InChI=1S/C19H28N2O3S/c1-3-21(4-2)25(23,24)18-7-5-6-17(13-18)20-19(22)12-16-11-14-8-9-15(16)10-14/h5-7,13-16H,3-4,8-12H2,1-2H3,(H,20,22)/t14-,15+,16-/m0/s1. The molecule has 0 aliphatic heterocycles. The number of nitrogens with one attached hydrogen (secondary N) is 1. The molecule has 0 radical (unpaired) electrons. The number of hydrogen-bond acceptors (Lipinski definition) is 3. The molecule has 3 atom stereocenters. The van der Waals surface area contributed by atoms with Crippen molar-refractivity contribution >= 4 is 21.6 Å². The number of sulfonamides is 1. The fraction of sp³-hybridized carbons (Fsp3) is 0.632. The van der Waals surface area contributed by atoms with Crippen LogP contribution < -0.4 is 5.32 Å². The van der Waals surface area contributed by atoms with E-state index in [1.807, 2.05) is 13.8 Å². The van der Waals surface area contributed by atoms with Crippen LogP contribution >= 0.6 is 0 Å². The number of rotatable bonds is 7. The van der Waals surface area contributed by atoms with Crippen molar-refractivity contribution in [2.45, 2.75) is 50.8 Å². The van der Waals surface area contributed by atoms with Gasteiger partial charge in [-0.3, -0.25) is 4.79 Å². The van der Waals surface area contributed by atoms with E-state index in [1.165, 1.54) is 30.0 Å². The Labute approximate surface area is 150 Å². The molecule has 2 saturated carbocycles. The summed E-state index contributed by atoms with van der Waals surface area (Å²) < 4.78 is 26.6. The fourth-order valence-electron chi connectivity index (χ4n) is 4.52. The van der Waals surface area contributed by atoms with Gasteiger partial charge in [-0.25, -0.2) is 8.42 Å². The summed E-state index contributed by atoms with van der Waals surface area (Å²) in [5.41, 5.74) is 0.557. The third-order valence-electron chi connectivity index (χ3n) is 5.79. The Hall–Kier alpha value is -1.40. The third-order valence-corrected chi connectivity index (χ3v) is 7.84. The Kier molecular flexibility index (Phi) is 5.49. The molecule has 0 heterocycles. The number of benzene rings is 1. The molecule has 1 aromatic rings. The second kappa shape index (κ2) is 7.46. The van der Waals surface area contributed by atoms with Crippen molar-refractivity contribution in [3.05, 3.63) is 24.3 Å². The molecule has 2 aliphatic rings. The molecule has 138 valence electrons. The summed E-state index contributed by atoms with van der Waals surface area (Å²) in [6.45, 7) is 4.50.